The molecule has 1 fully saturated rings. The molecular formula is C16H11F3N4S. The number of nitrogens with zero attached hydrogens (tertiary/aromatic N) is 4. The summed E-state index contributed by atoms with van der Waals surface area (Å²) in [5, 5.41) is 0.275. The van der Waals surface area contributed by atoms with Crippen LogP contribution in [0.1, 0.15) is 30.3 Å². The lowest BCUT2D eigenvalue weighted by molar-refractivity contribution is -0.140. The molecule has 3 aromatic heterocycles. The number of thiazole rings is 1. The summed E-state index contributed by atoms with van der Waals surface area (Å²) in [6, 6.07) is 4.85. The van der Waals surface area contributed by atoms with Gasteiger partial charge in [0.2, 0.25) is 0 Å². The quantitative estimate of drug-likeness (QED) is 0.696. The van der Waals surface area contributed by atoms with Crippen molar-refractivity contribution in [1.82, 2.24) is 19.9 Å². The smallest absolute Gasteiger partial charge is 0.264 e. The van der Waals surface area contributed by atoms with Gasteiger partial charge in [-0.3, -0.25) is 4.98 Å². The van der Waals surface area contributed by atoms with Gasteiger partial charge in [-0.15, -0.1) is 11.3 Å². The van der Waals surface area contributed by atoms with Gasteiger partial charge in [0, 0.05) is 30.1 Å². The molecule has 3 heterocycles. The Morgan fingerprint density at radius 2 is 1.92 bits per heavy atom. The van der Waals surface area contributed by atoms with Gasteiger partial charge in [-0.1, -0.05) is 0 Å². The molecule has 1 aliphatic rings. The van der Waals surface area contributed by atoms with Crippen LogP contribution >= 0.6 is 11.3 Å². The number of alkyl halides is 3. The van der Waals surface area contributed by atoms with Gasteiger partial charge < -0.3 is 0 Å². The highest BCUT2D eigenvalue weighted by Gasteiger charge is 2.39. The lowest BCUT2D eigenvalue weighted by Gasteiger charge is -2.06. The van der Waals surface area contributed by atoms with Gasteiger partial charge in [0.05, 0.1) is 10.6 Å². The van der Waals surface area contributed by atoms with Crippen LogP contribution in [0.4, 0.5) is 13.2 Å². The zero-order chi connectivity index (χ0) is 16.7. The van der Waals surface area contributed by atoms with Gasteiger partial charge in [0.15, 0.2) is 5.69 Å². The second kappa shape index (κ2) is 5.62. The number of rotatable bonds is 3. The van der Waals surface area contributed by atoms with Crippen molar-refractivity contribution in [1.29, 1.82) is 0 Å². The van der Waals surface area contributed by atoms with Crippen molar-refractivity contribution in [3.05, 3.63) is 48.3 Å². The van der Waals surface area contributed by atoms with Gasteiger partial charge in [0.25, 0.3) is 0 Å². The largest absolute Gasteiger partial charge is 0.434 e. The van der Waals surface area contributed by atoms with Crippen molar-refractivity contribution in [2.24, 2.45) is 0 Å². The summed E-state index contributed by atoms with van der Waals surface area (Å²) in [6.07, 6.45) is 2.00. The standard InChI is InChI=1S/C16H11F3N4S/c17-16(18,19)13-12(11-5-7-21-14(22-11)9-3-4-9)24-15(23-13)10-2-1-6-20-8-10/h1-2,5-9H,3-4H2. The summed E-state index contributed by atoms with van der Waals surface area (Å²) in [6.45, 7) is 0. The fraction of sp³-hybridized carbons (Fsp3) is 0.250. The minimum Gasteiger partial charge on any atom is -0.264 e. The van der Waals surface area contributed by atoms with E-state index in [1.807, 2.05) is 0 Å². The average molecular weight is 348 g/mol. The monoisotopic (exact) mass is 348 g/mol. The highest BCUT2D eigenvalue weighted by atomic mass is 32.1. The normalized spacial score (nSPS) is 14.8. The van der Waals surface area contributed by atoms with Crippen LogP contribution in [0.3, 0.4) is 0 Å². The van der Waals surface area contributed by atoms with E-state index in [-0.39, 0.29) is 21.5 Å². The number of hydrogen-bond acceptors (Lipinski definition) is 5. The molecule has 1 aliphatic carbocycles. The molecule has 1 saturated carbocycles. The predicted octanol–water partition coefficient (Wildman–Crippen LogP) is 4.56. The molecule has 0 saturated heterocycles. The molecule has 0 N–H and O–H groups in total. The molecule has 122 valence electrons. The van der Waals surface area contributed by atoms with Crippen LogP contribution in [0, 0.1) is 0 Å². The lowest BCUT2D eigenvalue weighted by Crippen LogP contribution is -2.07. The number of aromatic nitrogens is 4. The van der Waals surface area contributed by atoms with Gasteiger partial charge >= 0.3 is 6.18 Å². The van der Waals surface area contributed by atoms with E-state index in [0.717, 1.165) is 24.2 Å². The highest BCUT2D eigenvalue weighted by molar-refractivity contribution is 7.18. The zero-order valence-corrected chi connectivity index (χ0v) is 13.1. The molecule has 0 bridgehead atoms. The first-order valence-electron chi connectivity index (χ1n) is 7.34. The maximum atomic E-state index is 13.4. The fourth-order valence-corrected chi connectivity index (χ4v) is 3.38. The maximum absolute atomic E-state index is 13.4. The van der Waals surface area contributed by atoms with Crippen LogP contribution in [0.5, 0.6) is 0 Å². The summed E-state index contributed by atoms with van der Waals surface area (Å²) >= 11 is 0.972. The average Bonchev–Trinajstić information content (AvgIpc) is 3.32. The van der Waals surface area contributed by atoms with E-state index in [1.54, 1.807) is 18.3 Å². The van der Waals surface area contributed by atoms with Crippen molar-refractivity contribution >= 4 is 11.3 Å². The topological polar surface area (TPSA) is 51.6 Å². The van der Waals surface area contributed by atoms with E-state index in [0.29, 0.717) is 11.4 Å². The van der Waals surface area contributed by atoms with Gasteiger partial charge in [-0.25, -0.2) is 15.0 Å². The number of halogens is 3. The van der Waals surface area contributed by atoms with E-state index in [1.165, 1.54) is 18.5 Å². The minimum atomic E-state index is -4.54. The molecule has 0 spiro atoms. The third-order valence-corrected chi connectivity index (χ3v) is 4.78. The Bertz CT molecular complexity index is 873. The molecule has 4 nitrogen and oxygen atoms in total. The Morgan fingerprint density at radius 1 is 1.08 bits per heavy atom. The minimum absolute atomic E-state index is 0.0191. The third kappa shape index (κ3) is 2.89. The SMILES string of the molecule is FC(F)(F)c1nc(-c2cccnc2)sc1-c1ccnc(C2CC2)n1. The first-order valence-corrected chi connectivity index (χ1v) is 8.16. The molecule has 8 heteroatoms. The molecule has 0 aliphatic heterocycles. The van der Waals surface area contributed by atoms with Crippen LogP contribution < -0.4 is 0 Å². The second-order valence-electron chi connectivity index (χ2n) is 5.51. The van der Waals surface area contributed by atoms with Gasteiger partial charge in [-0.2, -0.15) is 13.2 Å². The van der Waals surface area contributed by atoms with E-state index in [4.69, 9.17) is 0 Å². The summed E-state index contributed by atoms with van der Waals surface area (Å²) in [7, 11) is 0. The molecule has 0 radical (unpaired) electrons. The Balaban J connectivity index is 1.84. The van der Waals surface area contributed by atoms with Crippen molar-refractivity contribution in [3.8, 4) is 21.1 Å². The fourth-order valence-electron chi connectivity index (χ4n) is 2.34. The van der Waals surface area contributed by atoms with Crippen LogP contribution in [-0.4, -0.2) is 19.9 Å². The maximum Gasteiger partial charge on any atom is 0.434 e. The lowest BCUT2D eigenvalue weighted by atomic mass is 10.2. The van der Waals surface area contributed by atoms with Crippen LogP contribution in [0.25, 0.3) is 21.1 Å². The Kier molecular flexibility index (Phi) is 3.56. The van der Waals surface area contributed by atoms with E-state index < -0.39 is 11.9 Å². The molecule has 0 aromatic carbocycles. The first kappa shape index (κ1) is 15.2. The molecule has 3 aromatic rings. The van der Waals surface area contributed by atoms with Crippen molar-refractivity contribution < 1.29 is 13.2 Å². The van der Waals surface area contributed by atoms with E-state index >= 15 is 0 Å². The summed E-state index contributed by atoms with van der Waals surface area (Å²) in [5.74, 6) is 0.877. The molecular weight excluding hydrogens is 337 g/mol. The Labute approximate surface area is 139 Å². The predicted molar refractivity (Wildman–Crippen MR) is 83.3 cm³/mol. The Morgan fingerprint density at radius 3 is 2.58 bits per heavy atom. The van der Waals surface area contributed by atoms with Crippen LogP contribution in [0.2, 0.25) is 0 Å². The van der Waals surface area contributed by atoms with Crippen LogP contribution in [-0.2, 0) is 6.18 Å². The van der Waals surface area contributed by atoms with Gasteiger partial charge in [0.1, 0.15) is 10.8 Å². The van der Waals surface area contributed by atoms with Crippen molar-refractivity contribution in [3.63, 3.8) is 0 Å². The Hall–Kier alpha value is -2.35. The van der Waals surface area contributed by atoms with E-state index in [9.17, 15) is 13.2 Å². The summed E-state index contributed by atoms with van der Waals surface area (Å²) < 4.78 is 40.3. The first-order chi connectivity index (χ1) is 11.5. The van der Waals surface area contributed by atoms with Crippen molar-refractivity contribution in [2.45, 2.75) is 24.9 Å². The van der Waals surface area contributed by atoms with Crippen LogP contribution in [0.15, 0.2) is 36.8 Å². The second-order valence-corrected chi connectivity index (χ2v) is 6.51. The summed E-state index contributed by atoms with van der Waals surface area (Å²) in [4.78, 5) is 16.3. The molecule has 4 rings (SSSR count). The van der Waals surface area contributed by atoms with Gasteiger partial charge in [-0.05, 0) is 31.0 Å². The molecule has 0 unspecified atom stereocenters. The highest BCUT2D eigenvalue weighted by Crippen LogP contribution is 2.43. The van der Waals surface area contributed by atoms with E-state index in [2.05, 4.69) is 19.9 Å². The number of hydrogen-bond donors (Lipinski definition) is 0. The zero-order valence-electron chi connectivity index (χ0n) is 12.3. The third-order valence-electron chi connectivity index (χ3n) is 3.65. The molecule has 0 atom stereocenters. The molecule has 0 amide bonds. The number of pyridine rings is 1. The molecule has 24 heavy (non-hydrogen) atoms. The summed E-state index contributed by atoms with van der Waals surface area (Å²) in [5.41, 5.74) is -0.0885. The van der Waals surface area contributed by atoms with Crippen molar-refractivity contribution in [2.75, 3.05) is 0 Å².